The summed E-state index contributed by atoms with van der Waals surface area (Å²) in [5, 5.41) is 12.0. The molecule has 21 heavy (non-hydrogen) atoms. The zero-order chi connectivity index (χ0) is 14.8. The average Bonchev–Trinajstić information content (AvgIpc) is 2.95. The van der Waals surface area contributed by atoms with Crippen molar-refractivity contribution in [1.29, 1.82) is 0 Å². The summed E-state index contributed by atoms with van der Waals surface area (Å²) in [4.78, 5) is 25.1. The van der Waals surface area contributed by atoms with Gasteiger partial charge in [0.05, 0.1) is 5.92 Å². The number of carboxylic acids is 1. The molecule has 1 heterocycles. The van der Waals surface area contributed by atoms with E-state index in [9.17, 15) is 9.59 Å². The summed E-state index contributed by atoms with van der Waals surface area (Å²) < 4.78 is 0. The Morgan fingerprint density at radius 3 is 2.67 bits per heavy atom. The number of hydrogen-bond donors (Lipinski definition) is 2. The number of hydrogen-bond acceptors (Lipinski definition) is 2. The van der Waals surface area contributed by atoms with E-state index in [1.807, 2.05) is 17.0 Å². The number of carbonyl (C=O) groups excluding carboxylic acids is 1. The van der Waals surface area contributed by atoms with Gasteiger partial charge >= 0.3 is 12.0 Å². The fraction of sp³-hybridized carbons (Fsp3) is 0.500. The van der Waals surface area contributed by atoms with E-state index >= 15 is 0 Å². The van der Waals surface area contributed by atoms with Crippen molar-refractivity contribution in [3.8, 4) is 0 Å². The molecule has 0 spiro atoms. The van der Waals surface area contributed by atoms with Crippen LogP contribution in [0.25, 0.3) is 0 Å². The van der Waals surface area contributed by atoms with Gasteiger partial charge in [-0.2, -0.15) is 0 Å². The van der Waals surface area contributed by atoms with Crippen LogP contribution in [0.5, 0.6) is 0 Å². The molecule has 5 heteroatoms. The van der Waals surface area contributed by atoms with Crippen LogP contribution in [0.4, 0.5) is 4.79 Å². The standard InChI is InChI=1S/C16H20N2O3/c19-15(20)12-5-6-14(9-12)17-16(21)18-8-7-11-3-1-2-4-13(11)10-18/h1-4,12,14H,5-10H2,(H,17,21)(H,19,20). The van der Waals surface area contributed by atoms with E-state index < -0.39 is 5.97 Å². The molecule has 1 aromatic carbocycles. The topological polar surface area (TPSA) is 69.6 Å². The van der Waals surface area contributed by atoms with Crippen LogP contribution >= 0.6 is 0 Å². The lowest BCUT2D eigenvalue weighted by atomic mass is 10.0. The fourth-order valence-corrected chi connectivity index (χ4v) is 3.27. The van der Waals surface area contributed by atoms with Gasteiger partial charge in [-0.25, -0.2) is 4.79 Å². The number of urea groups is 1. The van der Waals surface area contributed by atoms with Crippen LogP contribution in [0.2, 0.25) is 0 Å². The first kappa shape index (κ1) is 13.9. The number of amides is 2. The summed E-state index contributed by atoms with van der Waals surface area (Å²) in [6.07, 6.45) is 2.84. The van der Waals surface area contributed by atoms with Crippen molar-refractivity contribution in [3.63, 3.8) is 0 Å². The number of carbonyl (C=O) groups is 2. The number of nitrogens with zero attached hydrogens (tertiary/aromatic N) is 1. The van der Waals surface area contributed by atoms with Crippen molar-refractivity contribution in [2.24, 2.45) is 5.92 Å². The summed E-state index contributed by atoms with van der Waals surface area (Å²) in [5.41, 5.74) is 2.52. The summed E-state index contributed by atoms with van der Waals surface area (Å²) >= 11 is 0. The molecule has 2 unspecified atom stereocenters. The highest BCUT2D eigenvalue weighted by Gasteiger charge is 2.31. The van der Waals surface area contributed by atoms with Gasteiger partial charge in [0.25, 0.3) is 0 Å². The minimum Gasteiger partial charge on any atom is -0.481 e. The molecular weight excluding hydrogens is 268 g/mol. The number of benzene rings is 1. The number of nitrogens with one attached hydrogen (secondary N) is 1. The smallest absolute Gasteiger partial charge is 0.317 e. The molecule has 1 aliphatic carbocycles. The lowest BCUT2D eigenvalue weighted by Gasteiger charge is -2.30. The van der Waals surface area contributed by atoms with Gasteiger partial charge in [-0.3, -0.25) is 4.79 Å². The predicted molar refractivity (Wildman–Crippen MR) is 77.9 cm³/mol. The lowest BCUT2D eigenvalue weighted by Crippen LogP contribution is -2.46. The largest absolute Gasteiger partial charge is 0.481 e. The normalized spacial score (nSPS) is 24.5. The van der Waals surface area contributed by atoms with Gasteiger partial charge in [-0.05, 0) is 36.8 Å². The van der Waals surface area contributed by atoms with E-state index in [1.165, 1.54) is 11.1 Å². The molecule has 2 amide bonds. The van der Waals surface area contributed by atoms with Gasteiger partial charge in [0, 0.05) is 19.1 Å². The molecule has 2 N–H and O–H groups in total. The maximum atomic E-state index is 12.3. The van der Waals surface area contributed by atoms with Crippen molar-refractivity contribution in [3.05, 3.63) is 35.4 Å². The zero-order valence-corrected chi connectivity index (χ0v) is 11.9. The lowest BCUT2D eigenvalue weighted by molar-refractivity contribution is -0.141. The second-order valence-corrected chi connectivity index (χ2v) is 5.93. The maximum Gasteiger partial charge on any atom is 0.317 e. The first-order chi connectivity index (χ1) is 10.1. The number of aliphatic carboxylic acids is 1. The molecule has 0 bridgehead atoms. The highest BCUT2D eigenvalue weighted by molar-refractivity contribution is 5.75. The molecule has 1 fully saturated rings. The zero-order valence-electron chi connectivity index (χ0n) is 11.9. The first-order valence-corrected chi connectivity index (χ1v) is 7.48. The average molecular weight is 288 g/mol. The molecule has 0 radical (unpaired) electrons. The van der Waals surface area contributed by atoms with Crippen LogP contribution in [0, 0.1) is 5.92 Å². The number of fused-ring (bicyclic) bond motifs is 1. The van der Waals surface area contributed by atoms with Crippen molar-refractivity contribution >= 4 is 12.0 Å². The van der Waals surface area contributed by atoms with E-state index in [0.29, 0.717) is 19.4 Å². The fourth-order valence-electron chi connectivity index (χ4n) is 3.27. The minimum absolute atomic E-state index is 0.00392. The van der Waals surface area contributed by atoms with Crippen LogP contribution in [0.1, 0.15) is 30.4 Å². The molecule has 1 saturated carbocycles. The van der Waals surface area contributed by atoms with Crippen molar-refractivity contribution in [2.45, 2.75) is 38.3 Å². The molecule has 2 atom stereocenters. The third kappa shape index (κ3) is 3.01. The van der Waals surface area contributed by atoms with Gasteiger partial charge in [0.1, 0.15) is 0 Å². The molecule has 3 rings (SSSR count). The molecular formula is C16H20N2O3. The SMILES string of the molecule is O=C(O)C1CCC(NC(=O)N2CCc3ccccc3C2)C1. The van der Waals surface area contributed by atoms with Gasteiger partial charge in [0.2, 0.25) is 0 Å². The van der Waals surface area contributed by atoms with Gasteiger partial charge in [-0.15, -0.1) is 0 Å². The summed E-state index contributed by atoms with van der Waals surface area (Å²) in [7, 11) is 0. The van der Waals surface area contributed by atoms with Gasteiger partial charge < -0.3 is 15.3 Å². The van der Waals surface area contributed by atoms with Crippen molar-refractivity contribution < 1.29 is 14.7 Å². The van der Waals surface area contributed by atoms with E-state index in [2.05, 4.69) is 17.4 Å². The van der Waals surface area contributed by atoms with Crippen LogP contribution in [-0.4, -0.2) is 34.6 Å². The molecule has 1 aliphatic heterocycles. The Labute approximate surface area is 123 Å². The molecule has 1 aromatic rings. The first-order valence-electron chi connectivity index (χ1n) is 7.48. The minimum atomic E-state index is -0.751. The Morgan fingerprint density at radius 2 is 1.95 bits per heavy atom. The van der Waals surface area contributed by atoms with Crippen LogP contribution in [-0.2, 0) is 17.8 Å². The van der Waals surface area contributed by atoms with E-state index in [4.69, 9.17) is 5.11 Å². The van der Waals surface area contributed by atoms with Crippen molar-refractivity contribution in [1.82, 2.24) is 10.2 Å². The highest BCUT2D eigenvalue weighted by atomic mass is 16.4. The number of carboxylic acid groups (broad SMARTS) is 1. The molecule has 2 aliphatic rings. The second kappa shape index (κ2) is 5.76. The quantitative estimate of drug-likeness (QED) is 0.874. The third-order valence-electron chi connectivity index (χ3n) is 4.53. The van der Waals surface area contributed by atoms with E-state index in [-0.39, 0.29) is 18.0 Å². The third-order valence-corrected chi connectivity index (χ3v) is 4.53. The van der Waals surface area contributed by atoms with Crippen LogP contribution < -0.4 is 5.32 Å². The maximum absolute atomic E-state index is 12.3. The summed E-state index contributed by atoms with van der Waals surface area (Å²) in [5.74, 6) is -1.06. The predicted octanol–water partition coefficient (Wildman–Crippen LogP) is 2.01. The number of rotatable bonds is 2. The molecule has 112 valence electrons. The summed E-state index contributed by atoms with van der Waals surface area (Å²) in [6, 6.07) is 8.12. The Hall–Kier alpha value is -2.04. The Bertz CT molecular complexity index is 558. The van der Waals surface area contributed by atoms with Crippen LogP contribution in [0.15, 0.2) is 24.3 Å². The highest BCUT2D eigenvalue weighted by Crippen LogP contribution is 2.26. The molecule has 0 aromatic heterocycles. The summed E-state index contributed by atoms with van der Waals surface area (Å²) in [6.45, 7) is 1.36. The Balaban J connectivity index is 1.57. The second-order valence-electron chi connectivity index (χ2n) is 5.93. The van der Waals surface area contributed by atoms with Crippen molar-refractivity contribution in [2.75, 3.05) is 6.54 Å². The Kier molecular flexibility index (Phi) is 3.82. The Morgan fingerprint density at radius 1 is 1.19 bits per heavy atom. The van der Waals surface area contributed by atoms with Gasteiger partial charge in [0.15, 0.2) is 0 Å². The molecule has 0 saturated heterocycles. The van der Waals surface area contributed by atoms with Crippen LogP contribution in [0.3, 0.4) is 0 Å². The van der Waals surface area contributed by atoms with E-state index in [0.717, 1.165) is 19.4 Å². The van der Waals surface area contributed by atoms with E-state index in [1.54, 1.807) is 0 Å². The molecule has 5 nitrogen and oxygen atoms in total. The van der Waals surface area contributed by atoms with Gasteiger partial charge in [-0.1, -0.05) is 24.3 Å². The monoisotopic (exact) mass is 288 g/mol.